The Labute approximate surface area is 110 Å². The first kappa shape index (κ1) is 14.4. The van der Waals surface area contributed by atoms with Gasteiger partial charge in [0.2, 0.25) is 0 Å². The summed E-state index contributed by atoms with van der Waals surface area (Å²) >= 11 is 5.06. The molecule has 0 aromatic heterocycles. The van der Waals surface area contributed by atoms with Crippen molar-refractivity contribution in [2.24, 2.45) is 17.3 Å². The second kappa shape index (κ2) is 5.34. The highest BCUT2D eigenvalue weighted by atomic mass is 32.1. The fraction of sp³-hybridized carbons (Fsp3) is 0.846. The minimum absolute atomic E-state index is 0.000856. The lowest BCUT2D eigenvalue weighted by Gasteiger charge is -2.38. The first-order valence-corrected chi connectivity index (χ1v) is 6.50. The van der Waals surface area contributed by atoms with Crippen LogP contribution in [0, 0.1) is 17.3 Å². The van der Waals surface area contributed by atoms with Gasteiger partial charge in [0.15, 0.2) is 0 Å². The Bertz CT molecular complexity index is 313. The van der Waals surface area contributed by atoms with Crippen LogP contribution in [0.1, 0.15) is 33.6 Å². The van der Waals surface area contributed by atoms with Crippen LogP contribution in [0.25, 0.3) is 0 Å². The summed E-state index contributed by atoms with van der Waals surface area (Å²) in [5.41, 5.74) is 0.134. The zero-order chi connectivity index (χ0) is 13.2. The van der Waals surface area contributed by atoms with Gasteiger partial charge in [0, 0.05) is 20.5 Å². The Morgan fingerprint density at radius 3 is 2.59 bits per heavy atom. The number of hydrogen-bond acceptors (Lipinski definition) is 3. The van der Waals surface area contributed by atoms with Crippen LogP contribution in [-0.4, -0.2) is 36.6 Å². The molecule has 0 amide bonds. The average Bonchev–Trinajstić information content (AvgIpc) is 2.13. The van der Waals surface area contributed by atoms with Gasteiger partial charge in [-0.05, 0) is 30.0 Å². The molecule has 1 saturated carbocycles. The molecule has 1 rings (SSSR count). The molecule has 0 N–H and O–H groups in total. The molecule has 0 heterocycles. The zero-order valence-electron chi connectivity index (χ0n) is 11.4. The highest BCUT2D eigenvalue weighted by Gasteiger charge is 2.38. The van der Waals surface area contributed by atoms with Gasteiger partial charge in [-0.1, -0.05) is 20.8 Å². The van der Waals surface area contributed by atoms with Crippen LogP contribution in [0.3, 0.4) is 0 Å². The van der Waals surface area contributed by atoms with E-state index in [0.717, 1.165) is 6.42 Å². The third-order valence-corrected chi connectivity index (χ3v) is 3.86. The van der Waals surface area contributed by atoms with Crippen molar-refractivity contribution < 1.29 is 9.53 Å². The largest absolute Gasteiger partial charge is 0.470 e. The molecule has 0 bridgehead atoms. The molecule has 0 aromatic carbocycles. The predicted octanol–water partition coefficient (Wildman–Crippen LogP) is 2.49. The maximum absolute atomic E-state index is 12.1. The molecule has 0 spiro atoms. The molecule has 17 heavy (non-hydrogen) atoms. The average molecular weight is 257 g/mol. The van der Waals surface area contributed by atoms with Gasteiger partial charge in [0.25, 0.3) is 5.17 Å². The normalized spacial score (nSPS) is 27.7. The van der Waals surface area contributed by atoms with Crippen LogP contribution in [-0.2, 0) is 9.53 Å². The molecule has 1 aliphatic carbocycles. The van der Waals surface area contributed by atoms with Crippen molar-refractivity contribution in [1.82, 2.24) is 4.90 Å². The molecule has 0 aliphatic heterocycles. The van der Waals surface area contributed by atoms with Crippen LogP contribution in [0.5, 0.6) is 0 Å². The van der Waals surface area contributed by atoms with Gasteiger partial charge in [-0.3, -0.25) is 4.79 Å². The molecule has 0 saturated heterocycles. The van der Waals surface area contributed by atoms with Gasteiger partial charge < -0.3 is 9.64 Å². The number of rotatable bonds is 2. The monoisotopic (exact) mass is 257 g/mol. The Balaban J connectivity index is 2.55. The zero-order valence-corrected chi connectivity index (χ0v) is 12.3. The van der Waals surface area contributed by atoms with Crippen molar-refractivity contribution >= 4 is 23.2 Å². The van der Waals surface area contributed by atoms with Gasteiger partial charge >= 0.3 is 0 Å². The summed E-state index contributed by atoms with van der Waals surface area (Å²) in [6.07, 6.45) is 1.72. The van der Waals surface area contributed by atoms with Crippen LogP contribution in [0.2, 0.25) is 0 Å². The van der Waals surface area contributed by atoms with Gasteiger partial charge in [0.05, 0.1) is 5.92 Å². The van der Waals surface area contributed by atoms with Crippen molar-refractivity contribution in [3.63, 3.8) is 0 Å². The topological polar surface area (TPSA) is 29.5 Å². The number of carbonyl (C=O) groups is 1. The van der Waals surface area contributed by atoms with E-state index in [1.165, 1.54) is 0 Å². The molecule has 0 aromatic rings. The van der Waals surface area contributed by atoms with E-state index < -0.39 is 0 Å². The molecule has 2 atom stereocenters. The van der Waals surface area contributed by atoms with Crippen molar-refractivity contribution in [1.29, 1.82) is 0 Å². The highest BCUT2D eigenvalue weighted by molar-refractivity contribution is 7.80. The molecule has 4 heteroatoms. The van der Waals surface area contributed by atoms with Gasteiger partial charge in [-0.2, -0.15) is 0 Å². The number of nitrogens with zero attached hydrogens (tertiary/aromatic N) is 1. The Hall–Kier alpha value is -0.640. The molecular weight excluding hydrogens is 234 g/mol. The van der Waals surface area contributed by atoms with Crippen molar-refractivity contribution in [2.75, 3.05) is 20.7 Å². The Morgan fingerprint density at radius 2 is 2.12 bits per heavy atom. The fourth-order valence-electron chi connectivity index (χ4n) is 2.55. The molecule has 2 unspecified atom stereocenters. The predicted molar refractivity (Wildman–Crippen MR) is 72.9 cm³/mol. The van der Waals surface area contributed by atoms with E-state index in [0.29, 0.717) is 29.9 Å². The number of carbonyl (C=O) groups excluding carboxylic acids is 1. The number of hydrogen-bond donors (Lipinski definition) is 0. The molecule has 1 fully saturated rings. The summed E-state index contributed by atoms with van der Waals surface area (Å²) in [5, 5.41) is 0.454. The quantitative estimate of drug-likeness (QED) is 0.711. The summed E-state index contributed by atoms with van der Waals surface area (Å²) in [6.45, 7) is 6.87. The minimum atomic E-state index is 0.000856. The summed E-state index contributed by atoms with van der Waals surface area (Å²) in [4.78, 5) is 13.8. The van der Waals surface area contributed by atoms with E-state index >= 15 is 0 Å². The standard InChI is InChI=1S/C13H23NO2S/c1-9-6-13(2,3)7-11(15)10(9)8-16-12(17)14(4)5/h9-10H,6-8H2,1-5H3. The van der Waals surface area contributed by atoms with E-state index in [9.17, 15) is 4.79 Å². The van der Waals surface area contributed by atoms with Crippen molar-refractivity contribution in [2.45, 2.75) is 33.6 Å². The van der Waals surface area contributed by atoms with E-state index in [1.54, 1.807) is 4.90 Å². The van der Waals surface area contributed by atoms with Crippen LogP contribution in [0.4, 0.5) is 0 Å². The first-order valence-electron chi connectivity index (χ1n) is 6.10. The Kier molecular flexibility index (Phi) is 4.53. The molecule has 3 nitrogen and oxygen atoms in total. The maximum Gasteiger partial charge on any atom is 0.258 e. The summed E-state index contributed by atoms with van der Waals surface area (Å²) < 4.78 is 5.49. The van der Waals surface area contributed by atoms with Crippen molar-refractivity contribution in [3.05, 3.63) is 0 Å². The molecule has 0 radical (unpaired) electrons. The minimum Gasteiger partial charge on any atom is -0.470 e. The van der Waals surface area contributed by atoms with E-state index in [1.807, 2.05) is 14.1 Å². The number of ether oxygens (including phenoxy) is 1. The van der Waals surface area contributed by atoms with Gasteiger partial charge in [-0.15, -0.1) is 0 Å². The van der Waals surface area contributed by atoms with Gasteiger partial charge in [-0.25, -0.2) is 0 Å². The smallest absolute Gasteiger partial charge is 0.258 e. The maximum atomic E-state index is 12.1. The molecule has 1 aliphatic rings. The third-order valence-electron chi connectivity index (χ3n) is 3.38. The number of ketones is 1. The third kappa shape index (κ3) is 3.95. The van der Waals surface area contributed by atoms with Crippen LogP contribution < -0.4 is 0 Å². The number of thiocarbonyl (C=S) groups is 1. The van der Waals surface area contributed by atoms with E-state index in [2.05, 4.69) is 20.8 Å². The highest BCUT2D eigenvalue weighted by Crippen LogP contribution is 2.39. The molecular formula is C13H23NO2S. The summed E-state index contributed by atoms with van der Waals surface area (Å²) in [5.74, 6) is 0.687. The lowest BCUT2D eigenvalue weighted by Crippen LogP contribution is -2.39. The first-order chi connectivity index (χ1) is 7.73. The fourth-order valence-corrected chi connectivity index (χ4v) is 2.62. The summed E-state index contributed by atoms with van der Waals surface area (Å²) in [7, 11) is 3.69. The van der Waals surface area contributed by atoms with E-state index in [4.69, 9.17) is 17.0 Å². The Morgan fingerprint density at radius 1 is 1.53 bits per heavy atom. The summed E-state index contributed by atoms with van der Waals surface area (Å²) in [6, 6.07) is 0. The van der Waals surface area contributed by atoms with Crippen LogP contribution >= 0.6 is 12.2 Å². The second-order valence-electron chi connectivity index (χ2n) is 6.07. The van der Waals surface area contributed by atoms with Gasteiger partial charge in [0.1, 0.15) is 12.4 Å². The molecule has 98 valence electrons. The van der Waals surface area contributed by atoms with E-state index in [-0.39, 0.29) is 11.3 Å². The van der Waals surface area contributed by atoms with Crippen molar-refractivity contribution in [3.8, 4) is 0 Å². The number of Topliss-reactive ketones (excluding diaryl/α,β-unsaturated/α-hetero) is 1. The second-order valence-corrected chi connectivity index (χ2v) is 6.42. The SMILES string of the molecule is CC1CC(C)(C)CC(=O)C1COC(=S)N(C)C. The lowest BCUT2D eigenvalue weighted by molar-refractivity contribution is -0.131. The lowest BCUT2D eigenvalue weighted by atomic mass is 9.67. The van der Waals surface area contributed by atoms with Crippen LogP contribution in [0.15, 0.2) is 0 Å².